The summed E-state index contributed by atoms with van der Waals surface area (Å²) in [6, 6.07) is 17.9. The van der Waals surface area contributed by atoms with Gasteiger partial charge in [0.05, 0.1) is 5.02 Å². The van der Waals surface area contributed by atoms with Gasteiger partial charge in [-0.2, -0.15) is 0 Å². The van der Waals surface area contributed by atoms with Crippen LogP contribution >= 0.6 is 59.4 Å². The number of hydrogen-bond donors (Lipinski definition) is 1. The molecule has 0 aromatic heterocycles. The number of halogens is 4. The summed E-state index contributed by atoms with van der Waals surface area (Å²) in [6.07, 6.45) is 0. The van der Waals surface area contributed by atoms with Crippen LogP contribution in [0.4, 0.5) is 5.69 Å². The molecule has 144 valence electrons. The Labute approximate surface area is 192 Å². The van der Waals surface area contributed by atoms with Crippen molar-refractivity contribution < 1.29 is 0 Å². The number of anilines is 1. The summed E-state index contributed by atoms with van der Waals surface area (Å²) in [5, 5.41) is 0.803. The molecule has 0 aliphatic heterocycles. The fourth-order valence-corrected chi connectivity index (χ4v) is 3.39. The van der Waals surface area contributed by atoms with E-state index in [4.69, 9.17) is 17.3 Å². The minimum absolute atomic E-state index is 0.803. The number of rotatable bonds is 0. The Kier molecular flexibility index (Phi) is 10.7. The van der Waals surface area contributed by atoms with Gasteiger partial charge in [0.15, 0.2) is 0 Å². The lowest BCUT2D eigenvalue weighted by Gasteiger charge is -1.99. The van der Waals surface area contributed by atoms with Gasteiger partial charge in [-0.1, -0.05) is 73.8 Å². The predicted octanol–water partition coefficient (Wildman–Crippen LogP) is 8.82. The van der Waals surface area contributed by atoms with Crippen molar-refractivity contribution in [2.24, 2.45) is 0 Å². The number of nitrogens with two attached hydrogens (primary N) is 1. The van der Waals surface area contributed by atoms with Crippen LogP contribution in [0.3, 0.4) is 0 Å². The summed E-state index contributed by atoms with van der Waals surface area (Å²) < 4.78 is 3.23. The number of benzene rings is 3. The zero-order chi connectivity index (χ0) is 20.6. The van der Waals surface area contributed by atoms with Gasteiger partial charge < -0.3 is 5.73 Å². The Morgan fingerprint density at radius 3 is 1.44 bits per heavy atom. The summed E-state index contributed by atoms with van der Waals surface area (Å²) in [6.45, 7) is 8.19. The molecular weight excluding hydrogens is 553 g/mol. The number of nitrogen functional groups attached to an aromatic ring is 1. The molecule has 0 bridgehead atoms. The van der Waals surface area contributed by atoms with E-state index >= 15 is 0 Å². The molecule has 3 aromatic carbocycles. The maximum Gasteiger partial charge on any atom is 0.0577 e. The van der Waals surface area contributed by atoms with Gasteiger partial charge in [0, 0.05) is 19.1 Å². The van der Waals surface area contributed by atoms with Crippen LogP contribution in [0.5, 0.6) is 0 Å². The summed E-state index contributed by atoms with van der Waals surface area (Å²) >= 11 is 16.0. The minimum atomic E-state index is 0.803. The Morgan fingerprint density at radius 2 is 1.07 bits per heavy atom. The Morgan fingerprint density at radius 1 is 0.630 bits per heavy atom. The minimum Gasteiger partial charge on any atom is -0.398 e. The van der Waals surface area contributed by atoms with Crippen molar-refractivity contribution >= 4 is 65.1 Å². The van der Waals surface area contributed by atoms with Crippen molar-refractivity contribution in [1.29, 1.82) is 0 Å². The molecule has 1 nitrogen and oxygen atoms in total. The summed E-state index contributed by atoms with van der Waals surface area (Å²) in [5.74, 6) is 0. The first-order chi connectivity index (χ1) is 12.6. The monoisotopic (exact) mass is 573 g/mol. The van der Waals surface area contributed by atoms with Crippen LogP contribution in [0.2, 0.25) is 5.02 Å². The molecule has 0 saturated heterocycles. The van der Waals surface area contributed by atoms with Crippen molar-refractivity contribution in [2.45, 2.75) is 27.7 Å². The molecule has 0 amide bonds. The van der Waals surface area contributed by atoms with E-state index in [-0.39, 0.29) is 0 Å². The average molecular weight is 577 g/mol. The van der Waals surface area contributed by atoms with Crippen molar-refractivity contribution in [3.63, 3.8) is 0 Å². The number of hydrogen-bond acceptors (Lipinski definition) is 1. The van der Waals surface area contributed by atoms with Gasteiger partial charge in [-0.25, -0.2) is 0 Å². The molecule has 0 heterocycles. The van der Waals surface area contributed by atoms with Crippen LogP contribution in [-0.4, -0.2) is 0 Å². The quantitative estimate of drug-likeness (QED) is 0.266. The van der Waals surface area contributed by atoms with Crippen LogP contribution < -0.4 is 5.73 Å². The maximum atomic E-state index is 5.83. The molecule has 27 heavy (non-hydrogen) atoms. The summed E-state index contributed by atoms with van der Waals surface area (Å²) in [5.41, 5.74) is 11.3. The SMILES string of the molecule is Cc1c(N)cccc1Br.Cc1cccc(Br)c1C.Cc1cccc(Br)c1Cl. The third-order valence-corrected chi connectivity index (χ3v) is 7.10. The van der Waals surface area contributed by atoms with E-state index in [2.05, 4.69) is 73.8 Å². The molecule has 5 heteroatoms. The molecule has 0 saturated carbocycles. The molecule has 3 aromatic rings. The highest BCUT2D eigenvalue weighted by atomic mass is 79.9. The zero-order valence-electron chi connectivity index (χ0n) is 15.8. The van der Waals surface area contributed by atoms with Crippen LogP contribution in [0.25, 0.3) is 0 Å². The van der Waals surface area contributed by atoms with Crippen LogP contribution in [0.1, 0.15) is 22.3 Å². The Hall–Kier alpha value is -0.810. The van der Waals surface area contributed by atoms with Crippen molar-refractivity contribution in [3.05, 3.63) is 95.3 Å². The molecule has 0 radical (unpaired) electrons. The second-order valence-corrected chi connectivity index (χ2v) is 8.95. The first-order valence-corrected chi connectivity index (χ1v) is 11.0. The van der Waals surface area contributed by atoms with Crippen LogP contribution in [-0.2, 0) is 0 Å². The van der Waals surface area contributed by atoms with E-state index in [0.717, 1.165) is 30.8 Å². The lowest BCUT2D eigenvalue weighted by atomic mass is 10.1. The highest BCUT2D eigenvalue weighted by Gasteiger charge is 1.96. The third-order valence-electron chi connectivity index (χ3n) is 3.99. The van der Waals surface area contributed by atoms with Gasteiger partial charge in [0.2, 0.25) is 0 Å². The third kappa shape index (κ3) is 7.98. The molecule has 0 spiro atoms. The van der Waals surface area contributed by atoms with Gasteiger partial charge in [-0.15, -0.1) is 0 Å². The standard InChI is InChI=1S/C8H9Br.C7H6BrCl.C7H8BrN/c1-6-4-3-5-8(9)7(6)2;1-5-3-2-4-6(8)7(5)9;1-5-6(8)3-2-4-7(5)9/h3-5H,1-2H3;2-4H,1H3;2-4H,9H2,1H3. The van der Waals surface area contributed by atoms with E-state index in [0.29, 0.717) is 0 Å². The lowest BCUT2D eigenvalue weighted by Crippen LogP contribution is -1.88. The topological polar surface area (TPSA) is 26.0 Å². The number of aryl methyl sites for hydroxylation is 2. The van der Waals surface area contributed by atoms with Crippen molar-refractivity contribution in [1.82, 2.24) is 0 Å². The van der Waals surface area contributed by atoms with E-state index < -0.39 is 0 Å². The van der Waals surface area contributed by atoms with Crippen LogP contribution in [0, 0.1) is 27.7 Å². The fourth-order valence-electron chi connectivity index (χ4n) is 1.95. The highest BCUT2D eigenvalue weighted by Crippen LogP contribution is 2.24. The van der Waals surface area contributed by atoms with Gasteiger partial charge >= 0.3 is 0 Å². The van der Waals surface area contributed by atoms with Crippen molar-refractivity contribution in [2.75, 3.05) is 5.73 Å². The summed E-state index contributed by atoms with van der Waals surface area (Å²) in [7, 11) is 0. The smallest absolute Gasteiger partial charge is 0.0577 e. The first-order valence-electron chi connectivity index (χ1n) is 8.28. The fraction of sp³-hybridized carbons (Fsp3) is 0.182. The maximum absolute atomic E-state index is 5.83. The lowest BCUT2D eigenvalue weighted by molar-refractivity contribution is 1.32. The van der Waals surface area contributed by atoms with Gasteiger partial charge in [0.25, 0.3) is 0 Å². The molecular formula is C22H23Br3ClN. The van der Waals surface area contributed by atoms with E-state index in [1.54, 1.807) is 0 Å². The van der Waals surface area contributed by atoms with Gasteiger partial charge in [0.1, 0.15) is 0 Å². The molecule has 0 fully saturated rings. The molecule has 2 N–H and O–H groups in total. The van der Waals surface area contributed by atoms with Gasteiger partial charge in [-0.3, -0.25) is 0 Å². The van der Waals surface area contributed by atoms with Crippen LogP contribution in [0.15, 0.2) is 68.0 Å². The highest BCUT2D eigenvalue weighted by molar-refractivity contribution is 9.11. The molecule has 0 atom stereocenters. The predicted molar refractivity (Wildman–Crippen MR) is 131 cm³/mol. The second kappa shape index (κ2) is 11.9. The largest absolute Gasteiger partial charge is 0.398 e. The Bertz CT molecular complexity index is 716. The molecule has 3 rings (SSSR count). The van der Waals surface area contributed by atoms with Crippen molar-refractivity contribution in [3.8, 4) is 0 Å². The zero-order valence-corrected chi connectivity index (χ0v) is 21.3. The average Bonchev–Trinajstić information content (AvgIpc) is 2.63. The normalized spacial score (nSPS) is 9.63. The van der Waals surface area contributed by atoms with Gasteiger partial charge in [-0.05, 0) is 90.1 Å². The summed E-state index contributed by atoms with van der Waals surface area (Å²) in [4.78, 5) is 0. The molecule has 0 aliphatic carbocycles. The Balaban J connectivity index is 0.000000202. The van der Waals surface area contributed by atoms with E-state index in [1.165, 1.54) is 15.6 Å². The van der Waals surface area contributed by atoms with E-state index in [1.807, 2.05) is 56.3 Å². The van der Waals surface area contributed by atoms with E-state index in [9.17, 15) is 0 Å². The first kappa shape index (κ1) is 24.2. The molecule has 0 unspecified atom stereocenters. The second-order valence-electron chi connectivity index (χ2n) is 6.01. The molecule has 0 aliphatic rings.